The van der Waals surface area contributed by atoms with Gasteiger partial charge in [0.1, 0.15) is 0 Å². The third-order valence-electron chi connectivity index (χ3n) is 2.48. The molecular weight excluding hydrogens is 238 g/mol. The first-order valence-corrected chi connectivity index (χ1v) is 6.67. The van der Waals surface area contributed by atoms with Gasteiger partial charge in [-0.1, -0.05) is 24.3 Å². The minimum atomic E-state index is -3.16. The fourth-order valence-electron chi connectivity index (χ4n) is 1.68. The number of sulfonamides is 1. The summed E-state index contributed by atoms with van der Waals surface area (Å²) < 4.78 is 23.4. The highest BCUT2D eigenvalue weighted by Gasteiger charge is 2.17. The Balaban J connectivity index is 0.000000136. The molecule has 5 heteroatoms. The Kier molecular flexibility index (Phi) is 3.19. The van der Waals surface area contributed by atoms with Gasteiger partial charge in [0.25, 0.3) is 10.0 Å². The summed E-state index contributed by atoms with van der Waals surface area (Å²) >= 11 is 0. The van der Waals surface area contributed by atoms with Crippen LogP contribution < -0.4 is 0 Å². The Hall–Kier alpha value is -1.75. The van der Waals surface area contributed by atoms with Crippen LogP contribution in [0, 0.1) is 0 Å². The normalized spacial score (nSPS) is 18.7. The molecule has 4 nitrogen and oxygen atoms in total. The van der Waals surface area contributed by atoms with E-state index in [1.165, 1.54) is 17.9 Å². The molecule has 0 bridgehead atoms. The number of aryl methyl sites for hydroxylation is 1. The molecule has 1 heterocycles. The summed E-state index contributed by atoms with van der Waals surface area (Å²) in [6.07, 6.45) is 4.28. The zero-order chi connectivity index (χ0) is 12.3. The number of ketones is 1. The molecule has 0 spiro atoms. The third kappa shape index (κ3) is 2.88. The van der Waals surface area contributed by atoms with E-state index in [-0.39, 0.29) is 0 Å². The quantitative estimate of drug-likeness (QED) is 0.703. The number of benzene rings is 1. The van der Waals surface area contributed by atoms with Crippen LogP contribution in [0.3, 0.4) is 0 Å². The van der Waals surface area contributed by atoms with Gasteiger partial charge in [0.15, 0.2) is 5.78 Å². The number of Topliss-reactive ketones (excluding diaryl/α,β-unsaturated/α-hetero) is 1. The molecule has 0 unspecified atom stereocenters. The van der Waals surface area contributed by atoms with Gasteiger partial charge in [-0.15, -0.1) is 0 Å². The first-order chi connectivity index (χ1) is 8.08. The lowest BCUT2D eigenvalue weighted by Crippen LogP contribution is -1.88. The molecule has 0 fully saturated rings. The van der Waals surface area contributed by atoms with E-state index < -0.39 is 10.0 Å². The predicted octanol–water partition coefficient (Wildman–Crippen LogP) is 1.73. The summed E-state index contributed by atoms with van der Waals surface area (Å²) in [6.45, 7) is 0. The van der Waals surface area contributed by atoms with E-state index in [2.05, 4.69) is 4.40 Å². The smallest absolute Gasteiger partial charge is 0.275 e. The Morgan fingerprint density at radius 2 is 1.88 bits per heavy atom. The van der Waals surface area contributed by atoms with Crippen LogP contribution in [0.4, 0.5) is 0 Å². The molecule has 1 aromatic rings. The standard InChI is InChI=1S/C9H8O.C3H3NO2S/c10-9-6-5-7-3-1-2-4-8(7)9;5-7(6)3-1-2-4-7/h1-4H,5-6H2;1-3H. The van der Waals surface area contributed by atoms with Crippen LogP contribution in [-0.2, 0) is 16.4 Å². The molecule has 2 aliphatic rings. The summed E-state index contributed by atoms with van der Waals surface area (Å²) in [5.74, 6) is 0.301. The number of carbonyl (C=O) groups excluding carboxylic acids is 1. The lowest BCUT2D eigenvalue weighted by Gasteiger charge is -1.92. The van der Waals surface area contributed by atoms with Gasteiger partial charge >= 0.3 is 0 Å². The van der Waals surface area contributed by atoms with Crippen molar-refractivity contribution in [3.05, 3.63) is 46.9 Å². The Morgan fingerprint density at radius 3 is 2.41 bits per heavy atom. The van der Waals surface area contributed by atoms with Crippen molar-refractivity contribution in [2.75, 3.05) is 0 Å². The van der Waals surface area contributed by atoms with E-state index in [0.717, 1.165) is 17.4 Å². The Labute approximate surface area is 99.7 Å². The first kappa shape index (κ1) is 11.7. The second-order valence-electron chi connectivity index (χ2n) is 3.68. The highest BCUT2D eigenvalue weighted by molar-refractivity contribution is 7.93. The molecule has 88 valence electrons. The minimum Gasteiger partial charge on any atom is -0.294 e. The van der Waals surface area contributed by atoms with E-state index in [0.29, 0.717) is 12.2 Å². The number of carbonyl (C=O) groups is 1. The topological polar surface area (TPSA) is 63.6 Å². The second-order valence-corrected chi connectivity index (χ2v) is 5.19. The summed E-state index contributed by atoms with van der Waals surface area (Å²) in [5.41, 5.74) is 2.15. The van der Waals surface area contributed by atoms with Crippen LogP contribution in [-0.4, -0.2) is 20.4 Å². The van der Waals surface area contributed by atoms with Gasteiger partial charge in [-0.25, -0.2) is 0 Å². The van der Waals surface area contributed by atoms with Crippen LogP contribution >= 0.6 is 0 Å². The van der Waals surface area contributed by atoms with E-state index in [1.807, 2.05) is 24.3 Å². The number of nitrogens with zero attached hydrogens (tertiary/aromatic N) is 1. The van der Waals surface area contributed by atoms with Crippen molar-refractivity contribution in [2.45, 2.75) is 12.8 Å². The monoisotopic (exact) mass is 249 g/mol. The highest BCUT2D eigenvalue weighted by atomic mass is 32.2. The lowest BCUT2D eigenvalue weighted by atomic mass is 10.1. The number of allylic oxidation sites excluding steroid dienone is 1. The van der Waals surface area contributed by atoms with Gasteiger partial charge in [0.2, 0.25) is 0 Å². The summed E-state index contributed by atoms with van der Waals surface area (Å²) in [6, 6.07) is 7.84. The molecule has 1 aromatic carbocycles. The average molecular weight is 249 g/mol. The predicted molar refractivity (Wildman–Crippen MR) is 65.6 cm³/mol. The maximum atomic E-state index is 11.1. The van der Waals surface area contributed by atoms with Crippen LogP contribution in [0.5, 0.6) is 0 Å². The molecule has 3 rings (SSSR count). The highest BCUT2D eigenvalue weighted by Crippen LogP contribution is 2.20. The molecule has 0 saturated heterocycles. The molecule has 0 radical (unpaired) electrons. The number of rotatable bonds is 0. The van der Waals surface area contributed by atoms with Crippen molar-refractivity contribution in [2.24, 2.45) is 4.40 Å². The van der Waals surface area contributed by atoms with Gasteiger partial charge in [-0.05, 0) is 18.1 Å². The largest absolute Gasteiger partial charge is 0.294 e. The van der Waals surface area contributed by atoms with Crippen molar-refractivity contribution >= 4 is 22.0 Å². The van der Waals surface area contributed by atoms with Crippen molar-refractivity contribution in [3.63, 3.8) is 0 Å². The molecule has 0 amide bonds. The van der Waals surface area contributed by atoms with Crippen molar-refractivity contribution in [1.82, 2.24) is 0 Å². The fourth-order valence-corrected chi connectivity index (χ4v) is 2.26. The average Bonchev–Trinajstić information content (AvgIpc) is 2.87. The van der Waals surface area contributed by atoms with E-state index in [9.17, 15) is 13.2 Å². The molecule has 1 aliphatic carbocycles. The van der Waals surface area contributed by atoms with Crippen molar-refractivity contribution in [3.8, 4) is 0 Å². The first-order valence-electron chi connectivity index (χ1n) is 5.17. The Bertz CT molecular complexity index is 582. The molecule has 0 aromatic heterocycles. The van der Waals surface area contributed by atoms with Crippen LogP contribution in [0.1, 0.15) is 22.3 Å². The summed E-state index contributed by atoms with van der Waals surface area (Å²) in [7, 11) is -3.16. The van der Waals surface area contributed by atoms with Crippen LogP contribution in [0.25, 0.3) is 0 Å². The minimum absolute atomic E-state index is 0.301. The second kappa shape index (κ2) is 4.63. The molecule has 17 heavy (non-hydrogen) atoms. The summed E-state index contributed by atoms with van der Waals surface area (Å²) in [4.78, 5) is 11.1. The molecule has 1 aliphatic heterocycles. The fraction of sp³-hybridized carbons (Fsp3) is 0.167. The van der Waals surface area contributed by atoms with E-state index in [1.54, 1.807) is 0 Å². The van der Waals surface area contributed by atoms with Gasteiger partial charge in [0.05, 0.1) is 5.41 Å². The summed E-state index contributed by atoms with van der Waals surface area (Å²) in [5, 5.41) is 1.05. The zero-order valence-corrected chi connectivity index (χ0v) is 9.85. The van der Waals surface area contributed by atoms with Crippen LogP contribution in [0.15, 0.2) is 40.1 Å². The Morgan fingerprint density at radius 1 is 1.12 bits per heavy atom. The maximum Gasteiger partial charge on any atom is 0.275 e. The third-order valence-corrected chi connectivity index (χ3v) is 3.40. The van der Waals surface area contributed by atoms with E-state index >= 15 is 0 Å². The van der Waals surface area contributed by atoms with Crippen molar-refractivity contribution in [1.29, 1.82) is 0 Å². The molecule has 0 N–H and O–H groups in total. The maximum absolute atomic E-state index is 11.1. The zero-order valence-electron chi connectivity index (χ0n) is 9.04. The number of hydrogen-bond donors (Lipinski definition) is 0. The molecule has 0 saturated carbocycles. The number of hydrogen-bond acceptors (Lipinski definition) is 3. The molecule has 0 atom stereocenters. The van der Waals surface area contributed by atoms with Gasteiger partial charge < -0.3 is 0 Å². The van der Waals surface area contributed by atoms with Crippen molar-refractivity contribution < 1.29 is 13.2 Å². The van der Waals surface area contributed by atoms with Crippen LogP contribution in [0.2, 0.25) is 0 Å². The van der Waals surface area contributed by atoms with Gasteiger partial charge in [-0.2, -0.15) is 12.8 Å². The van der Waals surface area contributed by atoms with Gasteiger partial charge in [0, 0.05) is 18.2 Å². The van der Waals surface area contributed by atoms with E-state index in [4.69, 9.17) is 0 Å². The number of fused-ring (bicyclic) bond motifs is 1. The van der Waals surface area contributed by atoms with Gasteiger partial charge in [-0.3, -0.25) is 4.79 Å². The lowest BCUT2D eigenvalue weighted by molar-refractivity contribution is 0.0994. The SMILES string of the molecule is O=C1CCc2ccccc21.O=S1(=O)C=CC=N1. The molecular formula is C12H11NO3S.